The molecule has 1 aliphatic carbocycles. The molecule has 0 fully saturated rings. The van der Waals surface area contributed by atoms with Crippen molar-refractivity contribution in [2.45, 2.75) is 19.3 Å². The van der Waals surface area contributed by atoms with E-state index in [0.717, 1.165) is 11.3 Å². The number of rotatable bonds is 5. The Morgan fingerprint density at radius 2 is 0.827 bits per heavy atom. The highest BCUT2D eigenvalue weighted by atomic mass is 15.0. The van der Waals surface area contributed by atoms with Gasteiger partial charge in [-0.05, 0) is 104 Å². The molecule has 10 rings (SSSR count). The summed E-state index contributed by atoms with van der Waals surface area (Å²) < 4.78 is 2.38. The van der Waals surface area contributed by atoms with Crippen molar-refractivity contribution < 1.29 is 0 Å². The van der Waals surface area contributed by atoms with E-state index in [9.17, 15) is 0 Å². The monoisotopic (exact) mass is 664 g/mol. The molecule has 0 N–H and O–H groups in total. The molecule has 9 aromatic rings. The van der Waals surface area contributed by atoms with Gasteiger partial charge in [0, 0.05) is 33.6 Å². The van der Waals surface area contributed by atoms with Crippen LogP contribution in [-0.2, 0) is 5.41 Å². The Hall–Kier alpha value is -6.51. The van der Waals surface area contributed by atoms with Crippen LogP contribution in [0.4, 0.5) is 0 Å². The quantitative estimate of drug-likeness (QED) is 0.179. The number of fused-ring (bicyclic) bond motifs is 6. The van der Waals surface area contributed by atoms with E-state index in [4.69, 9.17) is 0 Å². The van der Waals surface area contributed by atoms with Crippen LogP contribution in [0, 0.1) is 0 Å². The molecule has 2 heterocycles. The topological polar surface area (TPSA) is 17.8 Å². The zero-order valence-electron chi connectivity index (χ0n) is 29.2. The van der Waals surface area contributed by atoms with Gasteiger partial charge in [-0.25, -0.2) is 0 Å². The van der Waals surface area contributed by atoms with E-state index >= 15 is 0 Å². The second-order valence-corrected chi connectivity index (χ2v) is 14.4. The molecule has 0 radical (unpaired) electrons. The molecule has 0 saturated carbocycles. The highest BCUT2D eigenvalue weighted by molar-refractivity contribution is 6.09. The van der Waals surface area contributed by atoms with E-state index < -0.39 is 0 Å². The summed E-state index contributed by atoms with van der Waals surface area (Å²) in [7, 11) is 0. The van der Waals surface area contributed by atoms with Crippen molar-refractivity contribution in [3.05, 3.63) is 193 Å². The van der Waals surface area contributed by atoms with Gasteiger partial charge >= 0.3 is 0 Å². The first kappa shape index (κ1) is 30.3. The summed E-state index contributed by atoms with van der Waals surface area (Å²) in [5, 5.41) is 2.57. The van der Waals surface area contributed by atoms with Crippen LogP contribution in [0.3, 0.4) is 0 Å². The second kappa shape index (κ2) is 11.8. The van der Waals surface area contributed by atoms with Crippen LogP contribution in [0.2, 0.25) is 0 Å². The molecular weight excluding hydrogens is 629 g/mol. The minimum absolute atomic E-state index is 0.116. The summed E-state index contributed by atoms with van der Waals surface area (Å²) >= 11 is 0. The molecule has 2 heteroatoms. The summed E-state index contributed by atoms with van der Waals surface area (Å²) in [6.07, 6.45) is 1.84. The highest BCUT2D eigenvalue weighted by Crippen LogP contribution is 2.50. The minimum atomic E-state index is -0.116. The van der Waals surface area contributed by atoms with E-state index in [-0.39, 0.29) is 5.41 Å². The predicted molar refractivity (Wildman–Crippen MR) is 218 cm³/mol. The summed E-state index contributed by atoms with van der Waals surface area (Å²) in [6, 6.07) is 64.1. The molecule has 246 valence electrons. The van der Waals surface area contributed by atoms with E-state index in [1.165, 1.54) is 83.1 Å². The zero-order chi connectivity index (χ0) is 34.8. The Labute approximate surface area is 304 Å². The van der Waals surface area contributed by atoms with Crippen molar-refractivity contribution in [1.29, 1.82) is 0 Å². The predicted octanol–water partition coefficient (Wildman–Crippen LogP) is 13.2. The Balaban J connectivity index is 0.929. The molecule has 7 aromatic carbocycles. The van der Waals surface area contributed by atoms with Crippen molar-refractivity contribution in [2.24, 2.45) is 0 Å². The maximum absolute atomic E-state index is 4.49. The molecule has 0 atom stereocenters. The Kier molecular flexibility index (Phi) is 6.87. The third kappa shape index (κ3) is 4.83. The van der Waals surface area contributed by atoms with Crippen LogP contribution in [0.1, 0.15) is 25.0 Å². The third-order valence-corrected chi connectivity index (χ3v) is 11.1. The number of aromatic nitrogens is 2. The lowest BCUT2D eigenvalue weighted by Crippen LogP contribution is -2.15. The number of pyridine rings is 1. The van der Waals surface area contributed by atoms with Gasteiger partial charge < -0.3 is 4.57 Å². The van der Waals surface area contributed by atoms with Crippen LogP contribution < -0.4 is 0 Å². The zero-order valence-corrected chi connectivity index (χ0v) is 29.2. The van der Waals surface area contributed by atoms with Crippen molar-refractivity contribution in [3.63, 3.8) is 0 Å². The Morgan fingerprint density at radius 3 is 1.33 bits per heavy atom. The van der Waals surface area contributed by atoms with Gasteiger partial charge in [0.05, 0.1) is 16.7 Å². The first-order chi connectivity index (χ1) is 25.5. The van der Waals surface area contributed by atoms with Gasteiger partial charge in [-0.2, -0.15) is 0 Å². The molecule has 0 spiro atoms. The van der Waals surface area contributed by atoms with Crippen molar-refractivity contribution in [1.82, 2.24) is 9.55 Å². The molecule has 0 amide bonds. The summed E-state index contributed by atoms with van der Waals surface area (Å²) in [6.45, 7) is 4.74. The Bertz CT molecular complexity index is 2720. The maximum Gasteiger partial charge on any atom is 0.0701 e. The largest absolute Gasteiger partial charge is 0.309 e. The minimum Gasteiger partial charge on any atom is -0.309 e. The van der Waals surface area contributed by atoms with Crippen molar-refractivity contribution in [3.8, 4) is 61.5 Å². The number of hydrogen-bond acceptors (Lipinski definition) is 1. The molecule has 0 saturated heterocycles. The fraction of sp³-hybridized carbons (Fsp3) is 0.0600. The lowest BCUT2D eigenvalue weighted by Gasteiger charge is -2.22. The molecule has 0 aliphatic heterocycles. The van der Waals surface area contributed by atoms with Crippen molar-refractivity contribution >= 4 is 21.8 Å². The average Bonchev–Trinajstić information content (AvgIpc) is 3.66. The normalized spacial score (nSPS) is 13.0. The number of para-hydroxylation sites is 2. The molecule has 0 unspecified atom stereocenters. The van der Waals surface area contributed by atoms with Gasteiger partial charge in [-0.1, -0.05) is 141 Å². The lowest BCUT2D eigenvalue weighted by atomic mass is 9.81. The summed E-state index contributed by atoms with van der Waals surface area (Å²) in [5.74, 6) is 0. The van der Waals surface area contributed by atoms with Gasteiger partial charge in [0.2, 0.25) is 0 Å². The number of nitrogens with zero attached hydrogens (tertiary/aromatic N) is 2. The van der Waals surface area contributed by atoms with Gasteiger partial charge in [0.15, 0.2) is 0 Å². The molecule has 1 aliphatic rings. The molecule has 2 nitrogen and oxygen atoms in total. The van der Waals surface area contributed by atoms with Crippen LogP contribution in [0.25, 0.3) is 83.3 Å². The SMILES string of the molecule is CC1(C)c2cc(-c3ccc(-c4ccc(-c5ccccn5)cc4)cc3)ccc2-c2ccc(-c3ccc(-n4c5ccccc5c5ccccc54)cc3)cc21. The van der Waals surface area contributed by atoms with E-state index in [1.807, 2.05) is 24.4 Å². The first-order valence-corrected chi connectivity index (χ1v) is 18.0. The van der Waals surface area contributed by atoms with Crippen LogP contribution in [0.5, 0.6) is 0 Å². The van der Waals surface area contributed by atoms with E-state index in [2.05, 4.69) is 181 Å². The Morgan fingerprint density at radius 1 is 0.404 bits per heavy atom. The maximum atomic E-state index is 4.49. The molecule has 2 aromatic heterocycles. The lowest BCUT2D eigenvalue weighted by molar-refractivity contribution is 0.661. The van der Waals surface area contributed by atoms with Crippen LogP contribution >= 0.6 is 0 Å². The standard InChI is InChI=1S/C50H36N2/c1-50(2)45-31-38(35-16-14-33(15-17-35)34-18-20-37(21-19-34)47-11-7-8-30-51-47)24-28-41(45)42-29-25-39(32-46(42)50)36-22-26-40(27-23-36)52-48-12-5-3-9-43(48)44-10-4-6-13-49(44)52/h3-32H,1-2H3. The first-order valence-electron chi connectivity index (χ1n) is 18.0. The summed E-state index contributed by atoms with van der Waals surface area (Å²) in [5.41, 5.74) is 18.4. The van der Waals surface area contributed by atoms with E-state index in [0.29, 0.717) is 0 Å². The van der Waals surface area contributed by atoms with Gasteiger partial charge in [-0.15, -0.1) is 0 Å². The smallest absolute Gasteiger partial charge is 0.0701 e. The highest BCUT2D eigenvalue weighted by Gasteiger charge is 2.36. The number of hydrogen-bond donors (Lipinski definition) is 0. The molecular formula is C50H36N2. The average molecular weight is 665 g/mol. The fourth-order valence-corrected chi connectivity index (χ4v) is 8.32. The summed E-state index contributed by atoms with van der Waals surface area (Å²) in [4.78, 5) is 4.49. The van der Waals surface area contributed by atoms with Gasteiger partial charge in [0.1, 0.15) is 0 Å². The van der Waals surface area contributed by atoms with Crippen LogP contribution in [-0.4, -0.2) is 9.55 Å². The third-order valence-electron chi connectivity index (χ3n) is 11.1. The van der Waals surface area contributed by atoms with E-state index in [1.54, 1.807) is 0 Å². The van der Waals surface area contributed by atoms with Gasteiger partial charge in [0.25, 0.3) is 0 Å². The van der Waals surface area contributed by atoms with Gasteiger partial charge in [-0.3, -0.25) is 4.98 Å². The second-order valence-electron chi connectivity index (χ2n) is 14.4. The van der Waals surface area contributed by atoms with Crippen LogP contribution in [0.15, 0.2) is 182 Å². The van der Waals surface area contributed by atoms with Crippen molar-refractivity contribution in [2.75, 3.05) is 0 Å². The molecule has 0 bridgehead atoms. The number of benzene rings is 7. The fourth-order valence-electron chi connectivity index (χ4n) is 8.32. The molecule has 52 heavy (non-hydrogen) atoms.